The molecule has 0 aromatic heterocycles. The second kappa shape index (κ2) is 5.34. The average molecular weight is 217 g/mol. The van der Waals surface area contributed by atoms with Crippen LogP contribution in [0.1, 0.15) is 25.7 Å². The van der Waals surface area contributed by atoms with E-state index in [1.165, 1.54) is 52.0 Å². The van der Waals surface area contributed by atoms with Gasteiger partial charge in [0.2, 0.25) is 0 Å². The minimum absolute atomic E-state index is 0.810. The van der Waals surface area contributed by atoms with E-state index in [0.29, 0.717) is 0 Å². The van der Waals surface area contributed by atoms with Gasteiger partial charge in [-0.2, -0.15) is 0 Å². The van der Waals surface area contributed by atoms with Crippen LogP contribution in [0.4, 0.5) is 0 Å². The highest BCUT2D eigenvalue weighted by molar-refractivity contribution is 6.17. The van der Waals surface area contributed by atoms with Crippen molar-refractivity contribution in [1.29, 1.82) is 0 Å². The molecule has 2 saturated heterocycles. The molecule has 0 N–H and O–H groups in total. The smallest absolute Gasteiger partial charge is 0.0235 e. The normalized spacial score (nSPS) is 30.2. The van der Waals surface area contributed by atoms with Gasteiger partial charge in [-0.05, 0) is 32.4 Å². The molecule has 2 aliphatic heterocycles. The largest absolute Gasteiger partial charge is 0.300 e. The molecule has 0 amide bonds. The summed E-state index contributed by atoms with van der Waals surface area (Å²) in [5.41, 5.74) is 0. The Hall–Kier alpha value is 0.210. The van der Waals surface area contributed by atoms with E-state index >= 15 is 0 Å². The minimum Gasteiger partial charge on any atom is -0.300 e. The topological polar surface area (TPSA) is 6.48 Å². The van der Waals surface area contributed by atoms with Gasteiger partial charge in [0.05, 0.1) is 0 Å². The number of piperidine rings is 1. The van der Waals surface area contributed by atoms with Gasteiger partial charge in [0.15, 0.2) is 0 Å². The Balaban J connectivity index is 1.77. The first-order valence-corrected chi connectivity index (χ1v) is 6.46. The van der Waals surface area contributed by atoms with Crippen molar-refractivity contribution < 1.29 is 0 Å². The number of alkyl halides is 1. The monoisotopic (exact) mass is 216 g/mol. The Labute approximate surface area is 92.2 Å². The number of rotatable bonds is 3. The number of hydrogen-bond acceptors (Lipinski definition) is 2. The molecule has 0 spiro atoms. The van der Waals surface area contributed by atoms with Crippen molar-refractivity contribution in [3.63, 3.8) is 0 Å². The molecule has 0 aromatic carbocycles. The molecule has 0 bridgehead atoms. The first kappa shape index (κ1) is 10.7. The van der Waals surface area contributed by atoms with Crippen LogP contribution in [0.15, 0.2) is 0 Å². The van der Waals surface area contributed by atoms with Crippen molar-refractivity contribution in [3.05, 3.63) is 0 Å². The molecule has 0 aliphatic carbocycles. The zero-order valence-electron chi connectivity index (χ0n) is 8.92. The van der Waals surface area contributed by atoms with Crippen LogP contribution in [0, 0.1) is 0 Å². The molecule has 0 saturated carbocycles. The second-order valence-corrected chi connectivity index (χ2v) is 4.91. The first-order valence-electron chi connectivity index (χ1n) is 5.92. The van der Waals surface area contributed by atoms with Crippen molar-refractivity contribution in [3.8, 4) is 0 Å². The fourth-order valence-electron chi connectivity index (χ4n) is 2.71. The standard InChI is InChI=1S/C11H21ClN2/c12-5-3-6-13-8-9-14-7-2-1-4-11(14)10-13/h11H,1-10H2. The van der Waals surface area contributed by atoms with Crippen molar-refractivity contribution in [2.24, 2.45) is 0 Å². The van der Waals surface area contributed by atoms with E-state index in [0.717, 1.165) is 18.3 Å². The van der Waals surface area contributed by atoms with Gasteiger partial charge in [0.25, 0.3) is 0 Å². The zero-order valence-corrected chi connectivity index (χ0v) is 9.68. The summed E-state index contributed by atoms with van der Waals surface area (Å²) < 4.78 is 0. The molecule has 2 aliphatic rings. The van der Waals surface area contributed by atoms with Gasteiger partial charge in [0, 0.05) is 31.6 Å². The highest BCUT2D eigenvalue weighted by Gasteiger charge is 2.28. The third-order valence-electron chi connectivity index (χ3n) is 3.53. The summed E-state index contributed by atoms with van der Waals surface area (Å²) in [6, 6.07) is 0.854. The molecular formula is C11H21ClN2. The van der Waals surface area contributed by atoms with Gasteiger partial charge in [0.1, 0.15) is 0 Å². The van der Waals surface area contributed by atoms with Gasteiger partial charge in [-0.3, -0.25) is 4.90 Å². The van der Waals surface area contributed by atoms with E-state index in [4.69, 9.17) is 11.6 Å². The molecule has 2 rings (SSSR count). The SMILES string of the molecule is ClCCCN1CCN2CCCCC2C1. The van der Waals surface area contributed by atoms with Gasteiger partial charge in [-0.25, -0.2) is 0 Å². The second-order valence-electron chi connectivity index (χ2n) is 4.53. The van der Waals surface area contributed by atoms with Crippen LogP contribution in [0.5, 0.6) is 0 Å². The van der Waals surface area contributed by atoms with Crippen molar-refractivity contribution in [1.82, 2.24) is 9.80 Å². The number of fused-ring (bicyclic) bond motifs is 1. The molecule has 1 unspecified atom stereocenters. The summed E-state index contributed by atoms with van der Waals surface area (Å²) >= 11 is 5.72. The quantitative estimate of drug-likeness (QED) is 0.664. The van der Waals surface area contributed by atoms with Gasteiger partial charge in [-0.1, -0.05) is 6.42 Å². The summed E-state index contributed by atoms with van der Waals surface area (Å²) in [7, 11) is 0. The minimum atomic E-state index is 0.810. The zero-order chi connectivity index (χ0) is 9.80. The first-order chi connectivity index (χ1) is 6.90. The molecule has 2 heterocycles. The fourth-order valence-corrected chi connectivity index (χ4v) is 2.83. The third-order valence-corrected chi connectivity index (χ3v) is 3.80. The number of halogens is 1. The lowest BCUT2D eigenvalue weighted by Gasteiger charge is -2.44. The summed E-state index contributed by atoms with van der Waals surface area (Å²) in [6.07, 6.45) is 5.41. The molecule has 2 fully saturated rings. The van der Waals surface area contributed by atoms with Crippen molar-refractivity contribution >= 4 is 11.6 Å². The van der Waals surface area contributed by atoms with Crippen molar-refractivity contribution in [2.75, 3.05) is 38.6 Å². The van der Waals surface area contributed by atoms with E-state index in [2.05, 4.69) is 9.80 Å². The number of nitrogens with zero attached hydrogens (tertiary/aromatic N) is 2. The van der Waals surface area contributed by atoms with E-state index in [9.17, 15) is 0 Å². The lowest BCUT2D eigenvalue weighted by atomic mass is 9.99. The van der Waals surface area contributed by atoms with E-state index in [1.54, 1.807) is 0 Å². The molecule has 82 valence electrons. The summed E-state index contributed by atoms with van der Waals surface area (Å²) in [6.45, 7) is 6.37. The summed E-state index contributed by atoms with van der Waals surface area (Å²) in [4.78, 5) is 5.27. The van der Waals surface area contributed by atoms with Crippen LogP contribution in [0.3, 0.4) is 0 Å². The Bertz CT molecular complexity index is 175. The molecule has 14 heavy (non-hydrogen) atoms. The van der Waals surface area contributed by atoms with Gasteiger partial charge < -0.3 is 4.90 Å². The number of hydrogen-bond donors (Lipinski definition) is 0. The highest BCUT2D eigenvalue weighted by atomic mass is 35.5. The fraction of sp³-hybridized carbons (Fsp3) is 1.00. The van der Waals surface area contributed by atoms with Crippen LogP contribution < -0.4 is 0 Å². The summed E-state index contributed by atoms with van der Waals surface area (Å²) in [5.74, 6) is 0.810. The molecule has 0 radical (unpaired) electrons. The van der Waals surface area contributed by atoms with Crippen LogP contribution in [-0.4, -0.2) is 54.4 Å². The Morgan fingerprint density at radius 2 is 2.07 bits per heavy atom. The lowest BCUT2D eigenvalue weighted by molar-refractivity contribution is 0.0496. The Kier molecular flexibility index (Phi) is 4.09. The molecular weight excluding hydrogens is 196 g/mol. The predicted molar refractivity (Wildman–Crippen MR) is 61.0 cm³/mol. The maximum atomic E-state index is 5.72. The van der Waals surface area contributed by atoms with E-state index < -0.39 is 0 Å². The molecule has 1 atom stereocenters. The van der Waals surface area contributed by atoms with Crippen LogP contribution in [0.25, 0.3) is 0 Å². The highest BCUT2D eigenvalue weighted by Crippen LogP contribution is 2.20. The Morgan fingerprint density at radius 1 is 1.14 bits per heavy atom. The third kappa shape index (κ3) is 2.62. The van der Waals surface area contributed by atoms with Crippen LogP contribution in [0.2, 0.25) is 0 Å². The maximum Gasteiger partial charge on any atom is 0.0235 e. The Morgan fingerprint density at radius 3 is 2.93 bits per heavy atom. The van der Waals surface area contributed by atoms with Crippen LogP contribution in [-0.2, 0) is 0 Å². The summed E-state index contributed by atoms with van der Waals surface area (Å²) in [5, 5.41) is 0. The van der Waals surface area contributed by atoms with Gasteiger partial charge >= 0.3 is 0 Å². The molecule has 2 nitrogen and oxygen atoms in total. The lowest BCUT2D eigenvalue weighted by Crippen LogP contribution is -2.54. The van der Waals surface area contributed by atoms with Crippen molar-refractivity contribution in [2.45, 2.75) is 31.7 Å². The number of piperazine rings is 1. The van der Waals surface area contributed by atoms with E-state index in [1.807, 2.05) is 0 Å². The molecule has 0 aromatic rings. The van der Waals surface area contributed by atoms with Gasteiger partial charge in [-0.15, -0.1) is 11.6 Å². The van der Waals surface area contributed by atoms with E-state index in [-0.39, 0.29) is 0 Å². The molecule has 3 heteroatoms. The average Bonchev–Trinajstić information content (AvgIpc) is 2.26. The predicted octanol–water partition coefficient (Wildman–Crippen LogP) is 1.79. The maximum absolute atomic E-state index is 5.72. The van der Waals surface area contributed by atoms with Crippen LogP contribution >= 0.6 is 11.6 Å².